The molecule has 0 saturated heterocycles. The van der Waals surface area contributed by atoms with Gasteiger partial charge in [0.2, 0.25) is 0 Å². The minimum atomic E-state index is -4.59. The van der Waals surface area contributed by atoms with E-state index in [1.54, 1.807) is 85.8 Å². The van der Waals surface area contributed by atoms with Gasteiger partial charge in [0.25, 0.3) is 0 Å². The van der Waals surface area contributed by atoms with Crippen LogP contribution in [0.3, 0.4) is 0 Å². The Balaban J connectivity index is 1.86. The number of pyridine rings is 1. The lowest BCUT2D eigenvalue weighted by Crippen LogP contribution is -2.30. The largest absolute Gasteiger partial charge is 0.479 e. The number of amides is 1. The van der Waals surface area contributed by atoms with Gasteiger partial charge in [-0.15, -0.1) is 0 Å². The highest BCUT2D eigenvalue weighted by Gasteiger charge is 2.34. The molecule has 1 aromatic heterocycles. The van der Waals surface area contributed by atoms with Crippen LogP contribution in [-0.2, 0) is 9.47 Å². The number of hydrazone groups is 1. The van der Waals surface area contributed by atoms with Gasteiger partial charge >= 0.3 is 17.6 Å². The molecule has 2 atom stereocenters. The quantitative estimate of drug-likeness (QED) is 0.0763. The number of alkyl halides is 3. The van der Waals surface area contributed by atoms with Gasteiger partial charge in [-0.3, -0.25) is 4.98 Å². The maximum Gasteiger partial charge on any atom is 0.479 e. The fraction of sp³-hybridized carbons (Fsp3) is 0.161. The number of ether oxygens (including phenoxy) is 2. The summed E-state index contributed by atoms with van der Waals surface area (Å²) in [5.74, 6) is -1.57. The number of halogens is 4. The van der Waals surface area contributed by atoms with E-state index in [1.807, 2.05) is 0 Å². The summed E-state index contributed by atoms with van der Waals surface area (Å²) in [6.07, 6.45) is 0.854. The lowest BCUT2D eigenvalue weighted by molar-refractivity contribution is -0.0369. The van der Waals surface area contributed by atoms with Crippen molar-refractivity contribution < 1.29 is 36.4 Å². The summed E-state index contributed by atoms with van der Waals surface area (Å²) in [6, 6.07) is 24.4. The van der Waals surface area contributed by atoms with Crippen molar-refractivity contribution in [2.75, 3.05) is 6.61 Å². The third-order valence-electron chi connectivity index (χ3n) is 5.99. The number of aromatic nitrogens is 1. The van der Waals surface area contributed by atoms with Crippen molar-refractivity contribution in [2.45, 2.75) is 24.5 Å². The predicted molar refractivity (Wildman–Crippen MR) is 160 cm³/mol. The third-order valence-corrected chi connectivity index (χ3v) is 6.71. The molecule has 4 rings (SSSR count). The first-order valence-corrected chi connectivity index (χ1v) is 14.2. The van der Waals surface area contributed by atoms with Gasteiger partial charge in [-0.2, -0.15) is 18.3 Å². The van der Waals surface area contributed by atoms with E-state index in [0.717, 1.165) is 0 Å². The Morgan fingerprint density at radius 1 is 0.932 bits per heavy atom. The summed E-state index contributed by atoms with van der Waals surface area (Å²) in [4.78, 5) is 29.7. The Morgan fingerprint density at radius 3 is 2.18 bits per heavy atom. The Hall–Kier alpha value is -4.55. The highest BCUT2D eigenvalue weighted by atomic mass is 35.5. The number of carbonyl (C=O) groups is 2. The standard InChI is InChI=1S/C31H25ClF3N3O5S/c1-2-41-30(40)38-37-27(28(22-7-4-3-5-8-22)42-29(39)23-9-6-18-36-19-23)26(20-10-14-24(32)15-11-20)21-12-16-25(17-13-21)43-44-31(33,34)35/h3-19,26,28H,2H2,1H3,(H,38,40)/b37-27+. The molecule has 228 valence electrons. The normalized spacial score (nSPS) is 13.0. The number of esters is 1. The summed E-state index contributed by atoms with van der Waals surface area (Å²) in [5.41, 5.74) is -0.218. The fourth-order valence-corrected chi connectivity index (χ4v) is 4.56. The molecule has 2 unspecified atom stereocenters. The number of carbonyl (C=O) groups excluding carboxylic acids is 2. The van der Waals surface area contributed by atoms with E-state index >= 15 is 0 Å². The molecule has 0 spiro atoms. The first-order chi connectivity index (χ1) is 21.1. The van der Waals surface area contributed by atoms with E-state index in [2.05, 4.69) is 15.5 Å². The van der Waals surface area contributed by atoms with E-state index in [0.29, 0.717) is 21.7 Å². The molecule has 1 N–H and O–H groups in total. The molecule has 0 aliphatic heterocycles. The SMILES string of the molecule is CCOC(=O)N/N=C(/C(OC(=O)c1cccnc1)c1ccccc1)C(c1ccc(Cl)cc1)c1ccc(OSC(F)(F)F)cc1. The summed E-state index contributed by atoms with van der Waals surface area (Å²) >= 11 is 5.54. The van der Waals surface area contributed by atoms with Crippen LogP contribution in [0.5, 0.6) is 5.75 Å². The average molecular weight is 644 g/mol. The Bertz CT molecular complexity index is 1560. The van der Waals surface area contributed by atoms with Crippen LogP contribution in [0.15, 0.2) is 108 Å². The highest BCUT2D eigenvalue weighted by Crippen LogP contribution is 2.37. The zero-order valence-corrected chi connectivity index (χ0v) is 24.6. The van der Waals surface area contributed by atoms with Gasteiger partial charge in [0.15, 0.2) is 18.1 Å². The first-order valence-electron chi connectivity index (χ1n) is 13.1. The molecule has 0 radical (unpaired) electrons. The smallest absolute Gasteiger partial charge is 0.449 e. The molecule has 0 aliphatic rings. The summed E-state index contributed by atoms with van der Waals surface area (Å²) < 4.78 is 54.0. The van der Waals surface area contributed by atoms with Gasteiger partial charge in [0, 0.05) is 17.4 Å². The zero-order chi connectivity index (χ0) is 31.5. The van der Waals surface area contributed by atoms with Crippen molar-refractivity contribution in [3.05, 3.63) is 131 Å². The Kier molecular flexibility index (Phi) is 11.2. The molecule has 8 nitrogen and oxygen atoms in total. The van der Waals surface area contributed by atoms with Crippen LogP contribution in [0.25, 0.3) is 0 Å². The lowest BCUT2D eigenvalue weighted by Gasteiger charge is -2.27. The van der Waals surface area contributed by atoms with Crippen LogP contribution in [0.1, 0.15) is 46.0 Å². The molecule has 0 aliphatic carbocycles. The summed E-state index contributed by atoms with van der Waals surface area (Å²) in [6.45, 7) is 1.71. The maximum atomic E-state index is 13.4. The summed E-state index contributed by atoms with van der Waals surface area (Å²) in [7, 11) is 0. The second kappa shape index (κ2) is 15.3. The number of nitrogens with zero attached hydrogens (tertiary/aromatic N) is 2. The molecule has 0 bridgehead atoms. The molecule has 44 heavy (non-hydrogen) atoms. The first kappa shape index (κ1) is 32.4. The van der Waals surface area contributed by atoms with Gasteiger partial charge in [-0.05, 0) is 60.0 Å². The number of hydrogen-bond acceptors (Lipinski definition) is 8. The second-order valence-corrected chi connectivity index (χ2v) is 10.2. The molecule has 3 aromatic carbocycles. The van der Waals surface area contributed by atoms with Gasteiger partial charge in [-0.25, -0.2) is 15.0 Å². The van der Waals surface area contributed by atoms with Crippen molar-refractivity contribution in [1.29, 1.82) is 0 Å². The third kappa shape index (κ3) is 9.22. The van der Waals surface area contributed by atoms with E-state index in [-0.39, 0.29) is 23.6 Å². The topological polar surface area (TPSA) is 99.1 Å². The van der Waals surface area contributed by atoms with Crippen LogP contribution < -0.4 is 9.61 Å². The maximum absolute atomic E-state index is 13.4. The number of nitrogens with one attached hydrogen (secondary N) is 1. The van der Waals surface area contributed by atoms with Crippen LogP contribution >= 0.6 is 23.6 Å². The number of rotatable bonds is 11. The predicted octanol–water partition coefficient (Wildman–Crippen LogP) is 8.11. The minimum Gasteiger partial charge on any atom is -0.449 e. The monoisotopic (exact) mass is 643 g/mol. The van der Waals surface area contributed by atoms with Crippen molar-refractivity contribution in [2.24, 2.45) is 5.10 Å². The molecule has 13 heteroatoms. The van der Waals surface area contributed by atoms with Crippen molar-refractivity contribution in [1.82, 2.24) is 10.4 Å². The summed E-state index contributed by atoms with van der Waals surface area (Å²) in [5, 5.41) is 4.86. The molecule has 4 aromatic rings. The number of hydrogen-bond donors (Lipinski definition) is 1. The fourth-order valence-electron chi connectivity index (χ4n) is 4.13. The second-order valence-electron chi connectivity index (χ2n) is 8.97. The van der Waals surface area contributed by atoms with E-state index in [1.165, 1.54) is 24.5 Å². The van der Waals surface area contributed by atoms with E-state index in [4.69, 9.17) is 25.3 Å². The molecule has 0 saturated carbocycles. The minimum absolute atomic E-state index is 0.0447. The van der Waals surface area contributed by atoms with Crippen molar-refractivity contribution >= 4 is 41.4 Å². The van der Waals surface area contributed by atoms with Gasteiger partial charge < -0.3 is 13.7 Å². The van der Waals surface area contributed by atoms with Gasteiger partial charge in [0.1, 0.15) is 5.75 Å². The Labute approximate surface area is 260 Å². The molecular weight excluding hydrogens is 619 g/mol. The van der Waals surface area contributed by atoms with Crippen LogP contribution in [-0.4, -0.2) is 34.9 Å². The van der Waals surface area contributed by atoms with Gasteiger partial charge in [-0.1, -0.05) is 66.2 Å². The number of benzene rings is 3. The molecular formula is C31H25ClF3N3O5S. The van der Waals surface area contributed by atoms with Crippen LogP contribution in [0.2, 0.25) is 5.02 Å². The molecule has 0 fully saturated rings. The van der Waals surface area contributed by atoms with E-state index in [9.17, 15) is 22.8 Å². The van der Waals surface area contributed by atoms with E-state index < -0.39 is 41.6 Å². The molecule has 1 heterocycles. The van der Waals surface area contributed by atoms with Crippen molar-refractivity contribution in [3.63, 3.8) is 0 Å². The van der Waals surface area contributed by atoms with Crippen LogP contribution in [0.4, 0.5) is 18.0 Å². The zero-order valence-electron chi connectivity index (χ0n) is 23.0. The average Bonchev–Trinajstić information content (AvgIpc) is 3.02. The van der Waals surface area contributed by atoms with Crippen molar-refractivity contribution in [3.8, 4) is 5.75 Å². The van der Waals surface area contributed by atoms with Gasteiger partial charge in [0.05, 0.1) is 23.8 Å². The lowest BCUT2D eigenvalue weighted by atomic mass is 9.83. The Morgan fingerprint density at radius 2 is 1.59 bits per heavy atom. The molecule has 1 amide bonds. The van der Waals surface area contributed by atoms with Crippen LogP contribution in [0, 0.1) is 0 Å². The highest BCUT2D eigenvalue weighted by molar-refractivity contribution is 7.95.